The van der Waals surface area contributed by atoms with Crippen molar-refractivity contribution in [3.63, 3.8) is 0 Å². The monoisotopic (exact) mass is 286 g/mol. The van der Waals surface area contributed by atoms with E-state index in [0.717, 1.165) is 44.7 Å². The predicted octanol–water partition coefficient (Wildman–Crippen LogP) is 3.11. The quantitative estimate of drug-likeness (QED) is 0.669. The minimum atomic E-state index is -2.76. The number of hydrogen-bond acceptors (Lipinski definition) is 3. The van der Waals surface area contributed by atoms with Gasteiger partial charge in [0, 0.05) is 6.54 Å². The normalized spacial score (nSPS) is 11.3. The summed E-state index contributed by atoms with van der Waals surface area (Å²) in [4.78, 5) is 2.39. The van der Waals surface area contributed by atoms with Gasteiger partial charge in [0.05, 0.1) is 0 Å². The third-order valence-corrected chi connectivity index (χ3v) is 3.20. The second kappa shape index (κ2) is 9.66. The van der Waals surface area contributed by atoms with E-state index in [1.54, 1.807) is 24.3 Å². The van der Waals surface area contributed by atoms with Crippen LogP contribution < -0.4 is 10.1 Å². The van der Waals surface area contributed by atoms with E-state index in [2.05, 4.69) is 28.8 Å². The molecule has 3 nitrogen and oxygen atoms in total. The van der Waals surface area contributed by atoms with E-state index in [0.29, 0.717) is 0 Å². The average molecular weight is 286 g/mol. The van der Waals surface area contributed by atoms with Gasteiger partial charge in [0.2, 0.25) is 0 Å². The molecule has 20 heavy (non-hydrogen) atoms. The summed E-state index contributed by atoms with van der Waals surface area (Å²) in [6.45, 7) is 6.53. The number of hydrogen-bond donors (Lipinski definition) is 1. The largest absolute Gasteiger partial charge is 0.435 e. The summed E-state index contributed by atoms with van der Waals surface area (Å²) in [6.07, 6.45) is 1.11. The third-order valence-electron chi connectivity index (χ3n) is 3.20. The molecule has 1 aromatic rings. The zero-order valence-electron chi connectivity index (χ0n) is 12.2. The van der Waals surface area contributed by atoms with Gasteiger partial charge < -0.3 is 15.0 Å². The Bertz CT molecular complexity index is 353. The summed E-state index contributed by atoms with van der Waals surface area (Å²) >= 11 is 0. The molecule has 0 amide bonds. The lowest BCUT2D eigenvalue weighted by atomic mass is 10.2. The van der Waals surface area contributed by atoms with Crippen LogP contribution in [0.4, 0.5) is 8.78 Å². The van der Waals surface area contributed by atoms with Crippen molar-refractivity contribution in [1.29, 1.82) is 0 Å². The molecular weight excluding hydrogens is 262 g/mol. The summed E-state index contributed by atoms with van der Waals surface area (Å²) < 4.78 is 28.3. The molecule has 0 aromatic heterocycles. The highest BCUT2D eigenvalue weighted by Crippen LogP contribution is 2.14. The molecule has 0 bridgehead atoms. The highest BCUT2D eigenvalue weighted by molar-refractivity contribution is 5.27. The van der Waals surface area contributed by atoms with E-state index < -0.39 is 6.61 Å². The van der Waals surface area contributed by atoms with Gasteiger partial charge in [-0.2, -0.15) is 8.78 Å². The van der Waals surface area contributed by atoms with Gasteiger partial charge >= 0.3 is 6.61 Å². The second-order valence-corrected chi connectivity index (χ2v) is 4.58. The Labute approximate surface area is 119 Å². The molecule has 1 aromatic carbocycles. The molecule has 0 fully saturated rings. The molecule has 1 rings (SSSR count). The minimum absolute atomic E-state index is 0.199. The van der Waals surface area contributed by atoms with Crippen LogP contribution in [0.2, 0.25) is 0 Å². The van der Waals surface area contributed by atoms with E-state index in [9.17, 15) is 8.78 Å². The number of nitrogens with zero attached hydrogens (tertiary/aromatic N) is 1. The maximum Gasteiger partial charge on any atom is 0.387 e. The van der Waals surface area contributed by atoms with Gasteiger partial charge in [0.15, 0.2) is 0 Å². The van der Waals surface area contributed by atoms with Crippen LogP contribution in [-0.2, 0) is 6.54 Å². The minimum Gasteiger partial charge on any atom is -0.435 e. The number of benzene rings is 1. The second-order valence-electron chi connectivity index (χ2n) is 4.58. The SMILES string of the molecule is CCN(CC)CCCNCc1ccc(OC(F)F)cc1. The Balaban J connectivity index is 2.19. The van der Waals surface area contributed by atoms with Crippen molar-refractivity contribution < 1.29 is 13.5 Å². The van der Waals surface area contributed by atoms with Gasteiger partial charge in [0.25, 0.3) is 0 Å². The molecule has 1 N–H and O–H groups in total. The topological polar surface area (TPSA) is 24.5 Å². The fourth-order valence-corrected chi connectivity index (χ4v) is 1.99. The van der Waals surface area contributed by atoms with Crippen LogP contribution in [0.25, 0.3) is 0 Å². The molecule has 0 atom stereocenters. The van der Waals surface area contributed by atoms with E-state index in [-0.39, 0.29) is 5.75 Å². The fraction of sp³-hybridized carbons (Fsp3) is 0.600. The first kappa shape index (κ1) is 16.9. The summed E-state index contributed by atoms with van der Waals surface area (Å²) in [5.74, 6) is 0.199. The number of ether oxygens (including phenoxy) is 1. The molecule has 114 valence electrons. The van der Waals surface area contributed by atoms with Crippen molar-refractivity contribution >= 4 is 0 Å². The van der Waals surface area contributed by atoms with Crippen LogP contribution in [0.15, 0.2) is 24.3 Å². The van der Waals surface area contributed by atoms with Gasteiger partial charge in [-0.25, -0.2) is 0 Å². The molecule has 0 aliphatic rings. The molecule has 5 heteroatoms. The molecule has 0 unspecified atom stereocenters. The van der Waals surface area contributed by atoms with Crippen molar-refractivity contribution in [3.8, 4) is 5.75 Å². The lowest BCUT2D eigenvalue weighted by molar-refractivity contribution is -0.0498. The van der Waals surface area contributed by atoms with Crippen LogP contribution in [0.5, 0.6) is 5.75 Å². The van der Waals surface area contributed by atoms with Gasteiger partial charge in [-0.05, 0) is 50.3 Å². The number of halogens is 2. The van der Waals surface area contributed by atoms with Crippen LogP contribution >= 0.6 is 0 Å². The number of rotatable bonds is 10. The van der Waals surface area contributed by atoms with Gasteiger partial charge in [-0.1, -0.05) is 26.0 Å². The van der Waals surface area contributed by atoms with Crippen molar-refractivity contribution in [2.45, 2.75) is 33.4 Å². The summed E-state index contributed by atoms with van der Waals surface area (Å²) in [7, 11) is 0. The summed E-state index contributed by atoms with van der Waals surface area (Å²) in [5, 5.41) is 3.35. The van der Waals surface area contributed by atoms with Crippen LogP contribution in [0.3, 0.4) is 0 Å². The highest BCUT2D eigenvalue weighted by Gasteiger charge is 2.03. The third kappa shape index (κ3) is 6.82. The molecule has 0 aliphatic heterocycles. The molecule has 0 aliphatic carbocycles. The first-order chi connectivity index (χ1) is 9.65. The van der Waals surface area contributed by atoms with Gasteiger partial charge in [-0.15, -0.1) is 0 Å². The standard InChI is InChI=1S/C15H24F2N2O/c1-3-19(4-2)11-5-10-18-12-13-6-8-14(9-7-13)20-15(16)17/h6-9,15,18H,3-5,10-12H2,1-2H3. The molecule has 0 radical (unpaired) electrons. The number of alkyl halides is 2. The predicted molar refractivity (Wildman–Crippen MR) is 77.2 cm³/mol. The maximum absolute atomic E-state index is 12.0. The van der Waals surface area contributed by atoms with Crippen molar-refractivity contribution in [2.24, 2.45) is 0 Å². The van der Waals surface area contributed by atoms with Crippen molar-refractivity contribution in [1.82, 2.24) is 10.2 Å². The van der Waals surface area contributed by atoms with Crippen molar-refractivity contribution in [2.75, 3.05) is 26.2 Å². The fourth-order valence-electron chi connectivity index (χ4n) is 1.99. The van der Waals surface area contributed by atoms with Crippen LogP contribution in [0, 0.1) is 0 Å². The van der Waals surface area contributed by atoms with Crippen LogP contribution in [-0.4, -0.2) is 37.7 Å². The Kier molecular flexibility index (Phi) is 8.14. The Morgan fingerprint density at radius 2 is 1.80 bits per heavy atom. The van der Waals surface area contributed by atoms with E-state index in [4.69, 9.17) is 0 Å². The van der Waals surface area contributed by atoms with Crippen LogP contribution in [0.1, 0.15) is 25.8 Å². The van der Waals surface area contributed by atoms with E-state index in [1.807, 2.05) is 0 Å². The lowest BCUT2D eigenvalue weighted by Crippen LogP contribution is -2.27. The molecule has 0 spiro atoms. The molecule has 0 heterocycles. The Morgan fingerprint density at radius 1 is 1.15 bits per heavy atom. The maximum atomic E-state index is 12.0. The first-order valence-electron chi connectivity index (χ1n) is 7.12. The molecule has 0 saturated heterocycles. The molecule has 0 saturated carbocycles. The van der Waals surface area contributed by atoms with E-state index >= 15 is 0 Å². The lowest BCUT2D eigenvalue weighted by Gasteiger charge is -2.17. The summed E-state index contributed by atoms with van der Waals surface area (Å²) in [5.41, 5.74) is 1.06. The Hall–Kier alpha value is -1.20. The highest BCUT2D eigenvalue weighted by atomic mass is 19.3. The Morgan fingerprint density at radius 3 is 2.35 bits per heavy atom. The summed E-state index contributed by atoms with van der Waals surface area (Å²) in [6, 6.07) is 6.74. The molecular formula is C15H24F2N2O. The zero-order chi connectivity index (χ0) is 14.8. The smallest absolute Gasteiger partial charge is 0.387 e. The average Bonchev–Trinajstić information content (AvgIpc) is 2.44. The van der Waals surface area contributed by atoms with Gasteiger partial charge in [-0.3, -0.25) is 0 Å². The van der Waals surface area contributed by atoms with Crippen molar-refractivity contribution in [3.05, 3.63) is 29.8 Å². The van der Waals surface area contributed by atoms with E-state index in [1.165, 1.54) is 0 Å². The zero-order valence-corrected chi connectivity index (χ0v) is 12.2. The number of nitrogens with one attached hydrogen (secondary N) is 1. The van der Waals surface area contributed by atoms with Gasteiger partial charge in [0.1, 0.15) is 5.75 Å². The first-order valence-corrected chi connectivity index (χ1v) is 7.12.